The van der Waals surface area contributed by atoms with E-state index in [9.17, 15) is 8.78 Å². The first kappa shape index (κ1) is 13.6. The van der Waals surface area contributed by atoms with Gasteiger partial charge in [0.1, 0.15) is 6.61 Å². The van der Waals surface area contributed by atoms with Gasteiger partial charge in [0.2, 0.25) is 0 Å². The molecule has 4 nitrogen and oxygen atoms in total. The first-order chi connectivity index (χ1) is 9.12. The fourth-order valence-electron chi connectivity index (χ4n) is 1.74. The second-order valence-corrected chi connectivity index (χ2v) is 4.25. The third kappa shape index (κ3) is 3.59. The maximum Gasteiger partial charge on any atom is 0.282 e. The minimum Gasteiger partial charge on any atom is -0.390 e. The summed E-state index contributed by atoms with van der Waals surface area (Å²) < 4.78 is 25.7. The predicted octanol–water partition coefficient (Wildman–Crippen LogP) is 1.79. The van der Waals surface area contributed by atoms with Crippen LogP contribution in [0.3, 0.4) is 0 Å². The normalized spacial score (nSPS) is 11.7. The zero-order valence-electron chi connectivity index (χ0n) is 10.2. The van der Waals surface area contributed by atoms with Crippen molar-refractivity contribution in [1.82, 2.24) is 15.5 Å². The number of alkyl halides is 2. The molecule has 0 radical (unpaired) electrons. The van der Waals surface area contributed by atoms with Gasteiger partial charge in [0, 0.05) is 12.1 Å². The predicted molar refractivity (Wildman–Crippen MR) is 67.8 cm³/mol. The summed E-state index contributed by atoms with van der Waals surface area (Å²) in [4.78, 5) is 0. The van der Waals surface area contributed by atoms with E-state index in [-0.39, 0.29) is 6.54 Å². The van der Waals surface area contributed by atoms with E-state index >= 15 is 0 Å². The van der Waals surface area contributed by atoms with Crippen molar-refractivity contribution in [3.63, 3.8) is 0 Å². The third-order valence-corrected chi connectivity index (χ3v) is 2.71. The fourth-order valence-corrected chi connectivity index (χ4v) is 1.74. The van der Waals surface area contributed by atoms with E-state index in [0.29, 0.717) is 0 Å². The minimum atomic E-state index is -3.10. The average Bonchev–Trinajstić information content (AvgIpc) is 2.88. The van der Waals surface area contributed by atoms with Crippen LogP contribution in [0.2, 0.25) is 0 Å². The van der Waals surface area contributed by atoms with Gasteiger partial charge in [0.15, 0.2) is 0 Å². The number of nitrogens with zero attached hydrogens (tertiary/aromatic N) is 1. The van der Waals surface area contributed by atoms with Crippen molar-refractivity contribution in [3.8, 4) is 11.3 Å². The smallest absolute Gasteiger partial charge is 0.282 e. The van der Waals surface area contributed by atoms with Gasteiger partial charge >= 0.3 is 0 Å². The molecule has 0 saturated heterocycles. The molecular weight excluding hydrogens is 252 g/mol. The zero-order valence-corrected chi connectivity index (χ0v) is 10.2. The van der Waals surface area contributed by atoms with Crippen LogP contribution in [0.15, 0.2) is 36.5 Å². The number of rotatable bonds is 6. The van der Waals surface area contributed by atoms with Crippen LogP contribution in [-0.4, -0.2) is 34.4 Å². The van der Waals surface area contributed by atoms with Gasteiger partial charge in [-0.1, -0.05) is 30.3 Å². The van der Waals surface area contributed by atoms with Gasteiger partial charge in [-0.05, 0) is 5.56 Å². The number of aliphatic hydroxyl groups is 1. The average molecular weight is 267 g/mol. The Hall–Kier alpha value is -1.79. The van der Waals surface area contributed by atoms with Crippen LogP contribution in [0.5, 0.6) is 0 Å². The van der Waals surface area contributed by atoms with E-state index in [1.54, 1.807) is 6.20 Å². The summed E-state index contributed by atoms with van der Waals surface area (Å²) in [5, 5.41) is 17.9. The highest BCUT2D eigenvalue weighted by molar-refractivity contribution is 5.62. The number of aromatic amines is 1. The van der Waals surface area contributed by atoms with Crippen molar-refractivity contribution in [2.24, 2.45) is 0 Å². The molecule has 1 aromatic heterocycles. The number of benzene rings is 1. The Labute approximate surface area is 109 Å². The van der Waals surface area contributed by atoms with E-state index in [1.807, 2.05) is 30.3 Å². The van der Waals surface area contributed by atoms with Gasteiger partial charge < -0.3 is 10.4 Å². The minimum absolute atomic E-state index is 0.260. The molecule has 1 heterocycles. The largest absolute Gasteiger partial charge is 0.390 e. The molecule has 0 unspecified atom stereocenters. The highest BCUT2D eigenvalue weighted by Gasteiger charge is 2.26. The molecule has 2 aromatic rings. The fraction of sp³-hybridized carbons (Fsp3) is 0.308. The lowest BCUT2D eigenvalue weighted by atomic mass is 10.1. The van der Waals surface area contributed by atoms with Crippen molar-refractivity contribution in [3.05, 3.63) is 42.1 Å². The highest BCUT2D eigenvalue weighted by Crippen LogP contribution is 2.20. The van der Waals surface area contributed by atoms with Crippen molar-refractivity contribution >= 4 is 0 Å². The number of H-pyrrole nitrogens is 1. The summed E-state index contributed by atoms with van der Waals surface area (Å²) in [6.45, 7) is -1.46. The molecule has 0 saturated carbocycles. The number of halogens is 2. The molecule has 2 rings (SSSR count). The zero-order chi connectivity index (χ0) is 13.7. The van der Waals surface area contributed by atoms with Crippen molar-refractivity contribution in [1.29, 1.82) is 0 Å². The molecule has 1 aromatic carbocycles. The Bertz CT molecular complexity index is 514. The molecule has 6 heteroatoms. The highest BCUT2D eigenvalue weighted by atomic mass is 19.3. The Kier molecular flexibility index (Phi) is 4.24. The van der Waals surface area contributed by atoms with E-state index in [0.717, 1.165) is 16.8 Å². The summed E-state index contributed by atoms with van der Waals surface area (Å²) in [6.07, 6.45) is 1.60. The molecule has 102 valence electrons. The van der Waals surface area contributed by atoms with Crippen LogP contribution in [0.25, 0.3) is 11.3 Å². The van der Waals surface area contributed by atoms with E-state index in [4.69, 9.17) is 5.11 Å². The van der Waals surface area contributed by atoms with E-state index < -0.39 is 19.1 Å². The van der Waals surface area contributed by atoms with Gasteiger partial charge in [0.25, 0.3) is 5.92 Å². The number of hydrogen-bond donors (Lipinski definition) is 3. The molecule has 0 atom stereocenters. The first-order valence-electron chi connectivity index (χ1n) is 5.89. The van der Waals surface area contributed by atoms with Crippen molar-refractivity contribution < 1.29 is 13.9 Å². The Morgan fingerprint density at radius 3 is 2.68 bits per heavy atom. The van der Waals surface area contributed by atoms with Crippen LogP contribution < -0.4 is 5.32 Å². The molecule has 0 fully saturated rings. The maximum absolute atomic E-state index is 12.9. The van der Waals surface area contributed by atoms with Crippen molar-refractivity contribution in [2.45, 2.75) is 12.5 Å². The second kappa shape index (κ2) is 5.90. The third-order valence-electron chi connectivity index (χ3n) is 2.71. The Balaban J connectivity index is 2.01. The standard InChI is InChI=1S/C13H15F2N3O/c14-13(15,9-19)8-16-6-11-7-17-18-12(11)10-4-2-1-3-5-10/h1-5,7,16,19H,6,8-9H2,(H,17,18). The van der Waals surface area contributed by atoms with Crippen LogP contribution in [0.1, 0.15) is 5.56 Å². The molecule has 0 aliphatic heterocycles. The lowest BCUT2D eigenvalue weighted by Crippen LogP contribution is -2.35. The molecule has 0 amide bonds. The van der Waals surface area contributed by atoms with Crippen LogP contribution in [0, 0.1) is 0 Å². The molecule has 0 spiro atoms. The van der Waals surface area contributed by atoms with E-state index in [1.165, 1.54) is 0 Å². The number of aliphatic hydroxyl groups excluding tert-OH is 1. The maximum atomic E-state index is 12.9. The summed E-state index contributed by atoms with van der Waals surface area (Å²) in [5.41, 5.74) is 2.56. The van der Waals surface area contributed by atoms with Gasteiger partial charge in [-0.2, -0.15) is 5.10 Å². The summed E-state index contributed by atoms with van der Waals surface area (Å²) in [6, 6.07) is 9.53. The lowest BCUT2D eigenvalue weighted by molar-refractivity contribution is -0.0477. The monoisotopic (exact) mass is 267 g/mol. The van der Waals surface area contributed by atoms with Gasteiger partial charge in [-0.3, -0.25) is 5.10 Å². The topological polar surface area (TPSA) is 60.9 Å². The second-order valence-electron chi connectivity index (χ2n) is 4.25. The summed E-state index contributed by atoms with van der Waals surface area (Å²) >= 11 is 0. The molecule has 0 aliphatic rings. The van der Waals surface area contributed by atoms with Crippen LogP contribution >= 0.6 is 0 Å². The van der Waals surface area contributed by atoms with E-state index in [2.05, 4.69) is 15.5 Å². The van der Waals surface area contributed by atoms with Crippen molar-refractivity contribution in [2.75, 3.05) is 13.2 Å². The Morgan fingerprint density at radius 2 is 2.00 bits per heavy atom. The van der Waals surface area contributed by atoms with Gasteiger partial charge in [-0.15, -0.1) is 0 Å². The van der Waals surface area contributed by atoms with Crippen LogP contribution in [-0.2, 0) is 6.54 Å². The lowest BCUT2D eigenvalue weighted by Gasteiger charge is -2.13. The van der Waals surface area contributed by atoms with Gasteiger partial charge in [0.05, 0.1) is 18.4 Å². The molecular formula is C13H15F2N3O. The Morgan fingerprint density at radius 1 is 1.26 bits per heavy atom. The first-order valence-corrected chi connectivity index (χ1v) is 5.89. The number of aromatic nitrogens is 2. The molecule has 19 heavy (non-hydrogen) atoms. The summed E-state index contributed by atoms with van der Waals surface area (Å²) in [5.74, 6) is -3.10. The quantitative estimate of drug-likeness (QED) is 0.748. The SMILES string of the molecule is OCC(F)(F)CNCc1cn[nH]c1-c1ccccc1. The summed E-state index contributed by atoms with van der Waals surface area (Å²) in [7, 11) is 0. The molecule has 0 bridgehead atoms. The number of nitrogens with one attached hydrogen (secondary N) is 2. The van der Waals surface area contributed by atoms with Crippen LogP contribution in [0.4, 0.5) is 8.78 Å². The van der Waals surface area contributed by atoms with Gasteiger partial charge in [-0.25, -0.2) is 8.78 Å². The molecule has 3 N–H and O–H groups in total. The number of hydrogen-bond acceptors (Lipinski definition) is 3. The molecule has 0 aliphatic carbocycles.